The molecule has 0 aliphatic heterocycles. The quantitative estimate of drug-likeness (QED) is 0.484. The predicted octanol–water partition coefficient (Wildman–Crippen LogP) is 4.93. The van der Waals surface area contributed by atoms with Crippen molar-refractivity contribution in [1.82, 2.24) is 5.32 Å². The number of carbonyl (C=O) groups excluding carboxylic acids is 2. The molecule has 0 saturated carbocycles. The van der Waals surface area contributed by atoms with E-state index in [0.717, 1.165) is 11.1 Å². The van der Waals surface area contributed by atoms with Gasteiger partial charge in [-0.25, -0.2) is 0 Å². The average Bonchev–Trinajstić information content (AvgIpc) is 2.76. The summed E-state index contributed by atoms with van der Waals surface area (Å²) >= 11 is 5.36. The highest BCUT2D eigenvalue weighted by Crippen LogP contribution is 2.24. The maximum atomic E-state index is 13.1. The number of benzene rings is 3. The molecule has 3 aromatic carbocycles. The second kappa shape index (κ2) is 10.5. The third-order valence-corrected chi connectivity index (χ3v) is 4.90. The first-order valence-electron chi connectivity index (χ1n) is 10.1. The molecule has 3 aromatic rings. The SMILES string of the molecule is CC(C)C(=O)Nc1ccc(NC(=S)NC(=O)C(c2ccccc2)c2ccccc2)cc1. The van der Waals surface area contributed by atoms with E-state index < -0.39 is 5.92 Å². The van der Waals surface area contributed by atoms with Crippen LogP contribution in [0.5, 0.6) is 0 Å². The van der Waals surface area contributed by atoms with Crippen LogP contribution in [0.15, 0.2) is 84.9 Å². The fourth-order valence-electron chi connectivity index (χ4n) is 3.06. The Bertz CT molecular complexity index is 996. The van der Waals surface area contributed by atoms with E-state index in [2.05, 4.69) is 16.0 Å². The van der Waals surface area contributed by atoms with Gasteiger partial charge in [0.05, 0.1) is 5.92 Å². The number of nitrogens with one attached hydrogen (secondary N) is 3. The Morgan fingerprint density at radius 3 is 1.58 bits per heavy atom. The van der Waals surface area contributed by atoms with Crippen molar-refractivity contribution in [3.05, 3.63) is 96.1 Å². The molecule has 0 heterocycles. The van der Waals surface area contributed by atoms with Crippen LogP contribution < -0.4 is 16.0 Å². The molecule has 31 heavy (non-hydrogen) atoms. The minimum Gasteiger partial charge on any atom is -0.332 e. The molecule has 0 radical (unpaired) electrons. The number of amides is 2. The molecule has 158 valence electrons. The lowest BCUT2D eigenvalue weighted by Gasteiger charge is -2.19. The van der Waals surface area contributed by atoms with Gasteiger partial charge in [-0.05, 0) is 47.6 Å². The highest BCUT2D eigenvalue weighted by Gasteiger charge is 2.23. The number of hydrogen-bond acceptors (Lipinski definition) is 3. The summed E-state index contributed by atoms with van der Waals surface area (Å²) in [6.07, 6.45) is 0. The van der Waals surface area contributed by atoms with E-state index in [1.807, 2.05) is 74.5 Å². The molecule has 0 fully saturated rings. The first-order chi connectivity index (χ1) is 14.9. The van der Waals surface area contributed by atoms with Crippen LogP contribution in [0.2, 0.25) is 0 Å². The highest BCUT2D eigenvalue weighted by atomic mass is 32.1. The largest absolute Gasteiger partial charge is 0.332 e. The van der Waals surface area contributed by atoms with E-state index >= 15 is 0 Å². The molecular weight excluding hydrogens is 406 g/mol. The Morgan fingerprint density at radius 2 is 1.13 bits per heavy atom. The molecule has 2 amide bonds. The van der Waals surface area contributed by atoms with Crippen LogP contribution in [-0.4, -0.2) is 16.9 Å². The zero-order valence-electron chi connectivity index (χ0n) is 17.5. The topological polar surface area (TPSA) is 70.2 Å². The lowest BCUT2D eigenvalue weighted by molar-refractivity contribution is -0.120. The lowest BCUT2D eigenvalue weighted by atomic mass is 9.90. The number of anilines is 2. The first kappa shape index (κ1) is 22.2. The Kier molecular flexibility index (Phi) is 7.51. The Labute approximate surface area is 187 Å². The zero-order chi connectivity index (χ0) is 22.2. The van der Waals surface area contributed by atoms with Crippen LogP contribution in [0.4, 0.5) is 11.4 Å². The molecule has 5 nitrogen and oxygen atoms in total. The molecular formula is C25H25N3O2S. The van der Waals surface area contributed by atoms with Crippen LogP contribution >= 0.6 is 12.2 Å². The van der Waals surface area contributed by atoms with Crippen molar-refractivity contribution in [1.29, 1.82) is 0 Å². The summed E-state index contributed by atoms with van der Waals surface area (Å²) in [6, 6.07) is 26.3. The van der Waals surface area contributed by atoms with Crippen molar-refractivity contribution in [2.24, 2.45) is 5.92 Å². The van der Waals surface area contributed by atoms with Crippen molar-refractivity contribution in [3.8, 4) is 0 Å². The van der Waals surface area contributed by atoms with Gasteiger partial charge in [-0.2, -0.15) is 0 Å². The molecule has 0 spiro atoms. The van der Waals surface area contributed by atoms with Crippen LogP contribution in [0.1, 0.15) is 30.9 Å². The smallest absolute Gasteiger partial charge is 0.238 e. The fraction of sp³-hybridized carbons (Fsp3) is 0.160. The van der Waals surface area contributed by atoms with Gasteiger partial charge in [0.2, 0.25) is 11.8 Å². The first-order valence-corrected chi connectivity index (χ1v) is 10.5. The Balaban J connectivity index is 1.67. The van der Waals surface area contributed by atoms with Gasteiger partial charge in [-0.15, -0.1) is 0 Å². The van der Waals surface area contributed by atoms with Gasteiger partial charge in [0, 0.05) is 17.3 Å². The minimum atomic E-state index is -0.476. The maximum Gasteiger partial charge on any atom is 0.238 e. The van der Waals surface area contributed by atoms with Gasteiger partial charge < -0.3 is 16.0 Å². The third kappa shape index (κ3) is 6.23. The van der Waals surface area contributed by atoms with E-state index in [-0.39, 0.29) is 22.8 Å². The molecule has 0 aromatic heterocycles. The lowest BCUT2D eigenvalue weighted by Crippen LogP contribution is -2.37. The van der Waals surface area contributed by atoms with E-state index in [1.165, 1.54) is 0 Å². The van der Waals surface area contributed by atoms with Crippen molar-refractivity contribution in [3.63, 3.8) is 0 Å². The molecule has 6 heteroatoms. The number of carbonyl (C=O) groups is 2. The van der Waals surface area contributed by atoms with Crippen molar-refractivity contribution >= 4 is 40.5 Å². The molecule has 0 aliphatic carbocycles. The van der Waals surface area contributed by atoms with Gasteiger partial charge in [-0.3, -0.25) is 9.59 Å². The van der Waals surface area contributed by atoms with Crippen LogP contribution in [0, 0.1) is 5.92 Å². The molecule has 0 atom stereocenters. The summed E-state index contributed by atoms with van der Waals surface area (Å²) in [6.45, 7) is 3.68. The van der Waals surface area contributed by atoms with E-state index in [9.17, 15) is 9.59 Å². The Hall–Kier alpha value is -3.51. The molecule has 0 aliphatic rings. The van der Waals surface area contributed by atoms with Gasteiger partial charge in [0.25, 0.3) is 0 Å². The molecule has 0 saturated heterocycles. The molecule has 0 unspecified atom stereocenters. The second-order valence-corrected chi connectivity index (χ2v) is 7.83. The standard InChI is InChI=1S/C25H25N3O2S/c1-17(2)23(29)26-20-13-15-21(16-14-20)27-25(31)28-24(30)22(18-9-5-3-6-10-18)19-11-7-4-8-12-19/h3-17,22H,1-2H3,(H,26,29)(H2,27,28,30,31). The zero-order valence-corrected chi connectivity index (χ0v) is 18.3. The predicted molar refractivity (Wildman–Crippen MR) is 129 cm³/mol. The van der Waals surface area contributed by atoms with Crippen molar-refractivity contribution < 1.29 is 9.59 Å². The number of rotatable bonds is 6. The van der Waals surface area contributed by atoms with Gasteiger partial charge in [0.15, 0.2) is 5.11 Å². The summed E-state index contributed by atoms with van der Waals surface area (Å²) in [4.78, 5) is 24.9. The summed E-state index contributed by atoms with van der Waals surface area (Å²) in [7, 11) is 0. The molecule has 0 bridgehead atoms. The average molecular weight is 432 g/mol. The summed E-state index contributed by atoms with van der Waals surface area (Å²) in [5.41, 5.74) is 3.19. The van der Waals surface area contributed by atoms with Crippen LogP contribution in [-0.2, 0) is 9.59 Å². The van der Waals surface area contributed by atoms with E-state index in [1.54, 1.807) is 24.3 Å². The van der Waals surface area contributed by atoms with Crippen molar-refractivity contribution in [2.75, 3.05) is 10.6 Å². The highest BCUT2D eigenvalue weighted by molar-refractivity contribution is 7.80. The van der Waals surface area contributed by atoms with Gasteiger partial charge >= 0.3 is 0 Å². The molecule has 3 rings (SSSR count). The Morgan fingerprint density at radius 1 is 0.677 bits per heavy atom. The van der Waals surface area contributed by atoms with Crippen molar-refractivity contribution in [2.45, 2.75) is 19.8 Å². The van der Waals surface area contributed by atoms with Crippen LogP contribution in [0.3, 0.4) is 0 Å². The normalized spacial score (nSPS) is 10.6. The number of hydrogen-bond donors (Lipinski definition) is 3. The van der Waals surface area contributed by atoms with Crippen LogP contribution in [0.25, 0.3) is 0 Å². The minimum absolute atomic E-state index is 0.0450. The number of thiocarbonyl (C=S) groups is 1. The maximum absolute atomic E-state index is 13.1. The van der Waals surface area contributed by atoms with Gasteiger partial charge in [0.1, 0.15) is 0 Å². The summed E-state index contributed by atoms with van der Waals surface area (Å²) < 4.78 is 0. The monoisotopic (exact) mass is 431 g/mol. The summed E-state index contributed by atoms with van der Waals surface area (Å²) in [5.74, 6) is -0.828. The summed E-state index contributed by atoms with van der Waals surface area (Å²) in [5, 5.41) is 8.86. The van der Waals surface area contributed by atoms with Gasteiger partial charge in [-0.1, -0.05) is 74.5 Å². The van der Waals surface area contributed by atoms with E-state index in [0.29, 0.717) is 11.4 Å². The fourth-order valence-corrected chi connectivity index (χ4v) is 3.27. The third-order valence-electron chi connectivity index (χ3n) is 4.70. The second-order valence-electron chi connectivity index (χ2n) is 7.42. The molecule has 3 N–H and O–H groups in total. The van der Waals surface area contributed by atoms with E-state index in [4.69, 9.17) is 12.2 Å².